The third-order valence-corrected chi connectivity index (χ3v) is 8.18. The molecule has 3 saturated heterocycles. The van der Waals surface area contributed by atoms with Crippen molar-refractivity contribution in [1.82, 2.24) is 30.2 Å². The smallest absolute Gasteiger partial charge is 0.322 e. The van der Waals surface area contributed by atoms with Crippen LogP contribution < -0.4 is 15.0 Å². The third-order valence-electron chi connectivity index (χ3n) is 8.18. The Morgan fingerprint density at radius 1 is 1.16 bits per heavy atom. The van der Waals surface area contributed by atoms with Crippen molar-refractivity contribution in [2.45, 2.75) is 43.7 Å². The van der Waals surface area contributed by atoms with E-state index in [2.05, 4.69) is 47.4 Å². The Labute approximate surface area is 214 Å². The molecule has 1 saturated carbocycles. The molecule has 37 heavy (non-hydrogen) atoms. The Morgan fingerprint density at radius 3 is 2.84 bits per heavy atom. The number of aromatic nitrogens is 5. The molecule has 0 aromatic carbocycles. The van der Waals surface area contributed by atoms with Crippen molar-refractivity contribution in [2.24, 2.45) is 11.8 Å². The van der Waals surface area contributed by atoms with Gasteiger partial charge in [-0.25, -0.2) is 4.98 Å². The number of pyridine rings is 1. The summed E-state index contributed by atoms with van der Waals surface area (Å²) >= 11 is 0. The van der Waals surface area contributed by atoms with E-state index in [1.54, 1.807) is 0 Å². The molecule has 0 bridgehead atoms. The molecule has 1 aliphatic carbocycles. The van der Waals surface area contributed by atoms with Gasteiger partial charge in [-0.15, -0.1) is 0 Å². The van der Waals surface area contributed by atoms with Crippen LogP contribution in [0.25, 0.3) is 11.0 Å². The molecule has 3 aromatic rings. The van der Waals surface area contributed by atoms with Crippen molar-refractivity contribution in [1.29, 1.82) is 0 Å². The zero-order chi connectivity index (χ0) is 24.8. The van der Waals surface area contributed by atoms with E-state index < -0.39 is 0 Å². The highest BCUT2D eigenvalue weighted by Gasteiger charge is 2.55. The van der Waals surface area contributed by atoms with E-state index in [9.17, 15) is 4.79 Å². The fourth-order valence-electron chi connectivity index (χ4n) is 5.97. The first-order valence-corrected chi connectivity index (χ1v) is 13.3. The van der Waals surface area contributed by atoms with Crippen LogP contribution in [-0.2, 0) is 9.47 Å². The van der Waals surface area contributed by atoms with Gasteiger partial charge < -0.3 is 29.4 Å². The minimum atomic E-state index is -0.286. The molecular formula is C26H31N7O4. The maximum absolute atomic E-state index is 13.1. The quantitative estimate of drug-likeness (QED) is 0.496. The molecular weight excluding hydrogens is 474 g/mol. The van der Waals surface area contributed by atoms with Gasteiger partial charge in [0.05, 0.1) is 19.3 Å². The van der Waals surface area contributed by atoms with Gasteiger partial charge in [-0.3, -0.25) is 4.79 Å². The molecule has 1 amide bonds. The lowest BCUT2D eigenvalue weighted by atomic mass is 9.89. The molecule has 4 aliphatic rings. The minimum absolute atomic E-state index is 0.0322. The average Bonchev–Trinajstić information content (AvgIpc) is 3.47. The first-order chi connectivity index (χ1) is 18.2. The lowest BCUT2D eigenvalue weighted by Gasteiger charge is -2.32. The number of hydrogen-bond donors (Lipinski definition) is 2. The fraction of sp³-hybridized carbons (Fsp3) is 0.577. The normalized spacial score (nSPS) is 27.4. The Morgan fingerprint density at radius 2 is 2.03 bits per heavy atom. The summed E-state index contributed by atoms with van der Waals surface area (Å²) in [6.45, 7) is 4.07. The fourth-order valence-corrected chi connectivity index (χ4v) is 5.97. The van der Waals surface area contributed by atoms with Crippen LogP contribution >= 0.6 is 0 Å². The Balaban J connectivity index is 1.07. The van der Waals surface area contributed by atoms with E-state index in [0.717, 1.165) is 51.0 Å². The maximum Gasteiger partial charge on any atom is 0.322 e. The van der Waals surface area contributed by atoms with Gasteiger partial charge in [0.2, 0.25) is 11.8 Å². The van der Waals surface area contributed by atoms with Gasteiger partial charge in [-0.05, 0) is 49.3 Å². The molecule has 11 heteroatoms. The van der Waals surface area contributed by atoms with Gasteiger partial charge in [0.15, 0.2) is 0 Å². The summed E-state index contributed by atoms with van der Waals surface area (Å²) < 4.78 is 17.0. The molecule has 7 rings (SSSR count). The van der Waals surface area contributed by atoms with E-state index >= 15 is 0 Å². The van der Waals surface area contributed by atoms with Crippen LogP contribution in [0.2, 0.25) is 0 Å². The topological polar surface area (TPSA) is 127 Å². The van der Waals surface area contributed by atoms with Gasteiger partial charge in [-0.1, -0.05) is 0 Å². The lowest BCUT2D eigenvalue weighted by molar-refractivity contribution is 0.0642. The number of carbonyl (C=O) groups is 1. The number of H-pyrrole nitrogens is 1. The summed E-state index contributed by atoms with van der Waals surface area (Å²) in [6.07, 6.45) is 7.80. The second kappa shape index (κ2) is 9.53. The van der Waals surface area contributed by atoms with Crippen molar-refractivity contribution in [3.05, 3.63) is 35.9 Å². The van der Waals surface area contributed by atoms with Crippen LogP contribution in [0.1, 0.15) is 47.8 Å². The number of amides is 1. The van der Waals surface area contributed by atoms with Crippen molar-refractivity contribution < 1.29 is 19.0 Å². The molecule has 0 spiro atoms. The molecule has 6 heterocycles. The van der Waals surface area contributed by atoms with Crippen LogP contribution in [0.5, 0.6) is 6.01 Å². The van der Waals surface area contributed by atoms with Gasteiger partial charge in [-0.2, -0.15) is 15.0 Å². The maximum atomic E-state index is 13.1. The van der Waals surface area contributed by atoms with E-state index in [0.29, 0.717) is 43.5 Å². The largest absolute Gasteiger partial charge is 0.461 e. The van der Waals surface area contributed by atoms with Crippen LogP contribution in [0, 0.1) is 11.8 Å². The average molecular weight is 506 g/mol. The number of anilines is 1. The molecule has 3 aliphatic heterocycles. The molecule has 1 unspecified atom stereocenters. The number of carbonyl (C=O) groups excluding carboxylic acids is 1. The van der Waals surface area contributed by atoms with Gasteiger partial charge in [0, 0.05) is 55.4 Å². The highest BCUT2D eigenvalue weighted by atomic mass is 16.5. The Bertz CT molecular complexity index is 1270. The number of fused-ring (bicyclic) bond motifs is 2. The summed E-state index contributed by atoms with van der Waals surface area (Å²) in [6, 6.07) is 4.41. The predicted octanol–water partition coefficient (Wildman–Crippen LogP) is 2.06. The molecule has 11 nitrogen and oxygen atoms in total. The van der Waals surface area contributed by atoms with Crippen molar-refractivity contribution in [3.8, 4) is 6.01 Å². The zero-order valence-electron chi connectivity index (χ0n) is 20.6. The van der Waals surface area contributed by atoms with Crippen molar-refractivity contribution >= 4 is 22.9 Å². The first kappa shape index (κ1) is 22.9. The monoisotopic (exact) mass is 505 g/mol. The standard InChI is InChI=1S/C26H31N7O4/c34-24(29-21-19-13-35-14-20(19)21)23-30-25(32-26(31-23)37-12-16-3-2-10-36-16)33-8-5-15(6-9-33)18-11-28-22-17(18)4-1-7-27-22/h1,4,7,11,15-16,19-21H,2-3,5-6,8-10,12-14H2,(H,27,28)(H,29,34)/t16-,19-,20+,21?/m1/s1. The second-order valence-electron chi connectivity index (χ2n) is 10.5. The number of hydrogen-bond acceptors (Lipinski definition) is 9. The number of rotatable bonds is 7. The molecule has 0 radical (unpaired) electrons. The van der Waals surface area contributed by atoms with Crippen molar-refractivity contribution in [3.63, 3.8) is 0 Å². The number of piperidine rings is 1. The molecule has 2 N–H and O–H groups in total. The number of ether oxygens (including phenoxy) is 3. The SMILES string of the molecule is O=C(NC1[C@H]2COC[C@@H]12)c1nc(OC[C@H]2CCCO2)nc(N2CCC(c3c[nH]c4ncccc34)CC2)n1. The van der Waals surface area contributed by atoms with E-state index in [1.165, 1.54) is 10.9 Å². The molecule has 194 valence electrons. The summed E-state index contributed by atoms with van der Waals surface area (Å²) in [5.41, 5.74) is 2.23. The van der Waals surface area contributed by atoms with Gasteiger partial charge >= 0.3 is 6.01 Å². The summed E-state index contributed by atoms with van der Waals surface area (Å²) in [5, 5.41) is 4.27. The number of nitrogens with one attached hydrogen (secondary N) is 2. The number of nitrogens with zero attached hydrogens (tertiary/aromatic N) is 5. The molecule has 4 atom stereocenters. The minimum Gasteiger partial charge on any atom is -0.461 e. The third kappa shape index (κ3) is 4.50. The summed E-state index contributed by atoms with van der Waals surface area (Å²) in [7, 11) is 0. The zero-order valence-corrected chi connectivity index (χ0v) is 20.6. The Kier molecular flexibility index (Phi) is 5.89. The molecule has 4 fully saturated rings. The summed E-state index contributed by atoms with van der Waals surface area (Å²) in [5.74, 6) is 1.53. The van der Waals surface area contributed by atoms with Gasteiger partial charge in [0.25, 0.3) is 5.91 Å². The van der Waals surface area contributed by atoms with E-state index in [1.807, 2.05) is 12.3 Å². The van der Waals surface area contributed by atoms with E-state index in [-0.39, 0.29) is 29.9 Å². The van der Waals surface area contributed by atoms with Crippen molar-refractivity contribution in [2.75, 3.05) is 44.4 Å². The highest BCUT2D eigenvalue weighted by molar-refractivity contribution is 5.91. The number of aromatic amines is 1. The highest BCUT2D eigenvalue weighted by Crippen LogP contribution is 2.44. The summed E-state index contributed by atoms with van der Waals surface area (Å²) in [4.78, 5) is 36.5. The predicted molar refractivity (Wildman–Crippen MR) is 134 cm³/mol. The Hall–Kier alpha value is -3.31. The lowest BCUT2D eigenvalue weighted by Crippen LogP contribution is -2.36. The second-order valence-corrected chi connectivity index (χ2v) is 10.5. The van der Waals surface area contributed by atoms with Crippen LogP contribution in [0.4, 0.5) is 5.95 Å². The van der Waals surface area contributed by atoms with Gasteiger partial charge in [0.1, 0.15) is 12.3 Å². The first-order valence-electron chi connectivity index (χ1n) is 13.3. The van der Waals surface area contributed by atoms with Crippen LogP contribution in [-0.4, -0.2) is 82.5 Å². The van der Waals surface area contributed by atoms with E-state index in [4.69, 9.17) is 14.2 Å². The molecule has 3 aromatic heterocycles. The van der Waals surface area contributed by atoms with Crippen LogP contribution in [0.15, 0.2) is 24.5 Å². The van der Waals surface area contributed by atoms with Crippen LogP contribution in [0.3, 0.4) is 0 Å².